The molecule has 0 aliphatic carbocycles. The summed E-state index contributed by atoms with van der Waals surface area (Å²) in [6.45, 7) is 10.7. The summed E-state index contributed by atoms with van der Waals surface area (Å²) in [4.78, 5) is 6.57. The Kier molecular flexibility index (Phi) is 4.68. The number of hydrogen-bond acceptors (Lipinski definition) is 6. The summed E-state index contributed by atoms with van der Waals surface area (Å²) in [7, 11) is 0. The minimum Gasteiger partial charge on any atom is -0.507 e. The highest BCUT2D eigenvalue weighted by molar-refractivity contribution is 5.87. The van der Waals surface area contributed by atoms with Gasteiger partial charge in [-0.25, -0.2) is 4.39 Å². The summed E-state index contributed by atoms with van der Waals surface area (Å²) in [6.07, 6.45) is 0.450. The minimum absolute atomic E-state index is 0.130. The molecule has 6 nitrogen and oxygen atoms in total. The number of piperidine rings is 1. The molecule has 2 N–H and O–H groups in total. The molecule has 168 valence electrons. The lowest BCUT2D eigenvalue weighted by Gasteiger charge is -2.51. The Balaban J connectivity index is 1.50. The topological polar surface area (TPSA) is 74.2 Å². The van der Waals surface area contributed by atoms with Gasteiger partial charge in [0.15, 0.2) is 5.82 Å². The Morgan fingerprint density at radius 2 is 1.91 bits per heavy atom. The number of alkyl halides is 1. The molecule has 7 heteroatoms. The molecular formula is C25H30FN5O. The first-order valence-corrected chi connectivity index (χ1v) is 11.2. The Labute approximate surface area is 187 Å². The molecule has 4 heterocycles. The van der Waals surface area contributed by atoms with Crippen molar-refractivity contribution in [3.05, 3.63) is 41.6 Å². The highest BCUT2D eigenvalue weighted by atomic mass is 19.1. The molecular weight excluding hydrogens is 405 g/mol. The maximum Gasteiger partial charge on any atom is 0.154 e. The van der Waals surface area contributed by atoms with E-state index in [9.17, 15) is 5.11 Å². The molecule has 0 saturated carbocycles. The number of aromatic hydroxyl groups is 1. The lowest BCUT2D eigenvalue weighted by atomic mass is 9.77. The molecule has 2 atom stereocenters. The first kappa shape index (κ1) is 21.1. The highest BCUT2D eigenvalue weighted by Gasteiger charge is 2.49. The molecule has 2 aliphatic rings. The number of aromatic nitrogens is 3. The van der Waals surface area contributed by atoms with Crippen LogP contribution >= 0.6 is 0 Å². The third-order valence-corrected chi connectivity index (χ3v) is 6.77. The molecule has 1 fully saturated rings. The van der Waals surface area contributed by atoms with E-state index in [0.717, 1.165) is 40.9 Å². The van der Waals surface area contributed by atoms with Gasteiger partial charge in [0.2, 0.25) is 0 Å². The van der Waals surface area contributed by atoms with Crippen LogP contribution in [0.5, 0.6) is 5.75 Å². The van der Waals surface area contributed by atoms with Crippen molar-refractivity contribution in [1.82, 2.24) is 20.5 Å². The van der Waals surface area contributed by atoms with Crippen molar-refractivity contribution >= 4 is 16.7 Å². The van der Waals surface area contributed by atoms with Gasteiger partial charge in [-0.2, -0.15) is 0 Å². The number of anilines is 1. The van der Waals surface area contributed by atoms with E-state index < -0.39 is 11.7 Å². The van der Waals surface area contributed by atoms with E-state index in [2.05, 4.69) is 39.2 Å². The van der Waals surface area contributed by atoms with Crippen molar-refractivity contribution in [2.24, 2.45) is 0 Å². The van der Waals surface area contributed by atoms with Crippen LogP contribution in [0.25, 0.3) is 22.2 Å². The summed E-state index contributed by atoms with van der Waals surface area (Å²) >= 11 is 0. The van der Waals surface area contributed by atoms with Crippen LogP contribution in [-0.2, 0) is 6.42 Å². The SMILES string of the molecule is Cc1ccc2cc(-c3cc4c(nn3)N([C@H]3CC(C)(C)NC(C)(C)[C@H]3F)CC4)c(O)cc2n1. The van der Waals surface area contributed by atoms with E-state index in [1.54, 1.807) is 6.07 Å². The summed E-state index contributed by atoms with van der Waals surface area (Å²) in [5.74, 6) is 0.887. The largest absolute Gasteiger partial charge is 0.507 e. The fourth-order valence-electron chi connectivity index (χ4n) is 5.49. The molecule has 0 amide bonds. The van der Waals surface area contributed by atoms with Crippen LogP contribution in [0.3, 0.4) is 0 Å². The van der Waals surface area contributed by atoms with E-state index in [-0.39, 0.29) is 17.3 Å². The van der Waals surface area contributed by atoms with Crippen molar-refractivity contribution in [1.29, 1.82) is 0 Å². The van der Waals surface area contributed by atoms with E-state index in [4.69, 9.17) is 0 Å². The van der Waals surface area contributed by atoms with Crippen LogP contribution in [0.4, 0.5) is 10.2 Å². The molecule has 1 saturated heterocycles. The third-order valence-electron chi connectivity index (χ3n) is 6.77. The molecule has 0 bridgehead atoms. The summed E-state index contributed by atoms with van der Waals surface area (Å²) in [6, 6.07) is 9.23. The number of phenols is 1. The Morgan fingerprint density at radius 3 is 2.69 bits per heavy atom. The number of fused-ring (bicyclic) bond motifs is 2. The normalized spacial score (nSPS) is 24.0. The predicted octanol–water partition coefficient (Wildman–Crippen LogP) is 4.33. The van der Waals surface area contributed by atoms with Crippen LogP contribution in [0.1, 0.15) is 45.4 Å². The van der Waals surface area contributed by atoms with E-state index >= 15 is 4.39 Å². The Hall–Kier alpha value is -2.80. The van der Waals surface area contributed by atoms with Gasteiger partial charge in [-0.05, 0) is 65.7 Å². The monoisotopic (exact) mass is 435 g/mol. The maximum absolute atomic E-state index is 15.5. The molecule has 0 radical (unpaired) electrons. The number of aryl methyl sites for hydroxylation is 1. The van der Waals surface area contributed by atoms with E-state index in [1.807, 2.05) is 45.0 Å². The standard InChI is InChI=1S/C25H30FN5O/c1-14-6-7-15-10-17(21(32)12-18(15)27-14)19-11-16-8-9-31(23(16)29-28-19)20-13-24(2,3)30-25(4,5)22(20)26/h6-7,10-12,20,22,30,32H,8-9,13H2,1-5H3/t20-,22-/m0/s1. The zero-order valence-corrected chi connectivity index (χ0v) is 19.3. The lowest BCUT2D eigenvalue weighted by Crippen LogP contribution is -2.69. The van der Waals surface area contributed by atoms with Crippen molar-refractivity contribution < 1.29 is 9.50 Å². The summed E-state index contributed by atoms with van der Waals surface area (Å²) in [5.41, 5.74) is 3.15. The third kappa shape index (κ3) is 3.48. The van der Waals surface area contributed by atoms with Gasteiger partial charge >= 0.3 is 0 Å². The maximum atomic E-state index is 15.5. The second-order valence-corrected chi connectivity index (χ2v) is 10.4. The average Bonchev–Trinajstić information content (AvgIpc) is 3.12. The molecule has 3 aromatic rings. The van der Waals surface area contributed by atoms with Crippen LogP contribution in [0.2, 0.25) is 0 Å². The van der Waals surface area contributed by atoms with Gasteiger partial charge < -0.3 is 15.3 Å². The van der Waals surface area contributed by atoms with Crippen LogP contribution < -0.4 is 10.2 Å². The van der Waals surface area contributed by atoms with Crippen LogP contribution in [0, 0.1) is 6.92 Å². The summed E-state index contributed by atoms with van der Waals surface area (Å²) < 4.78 is 15.5. The number of nitrogens with one attached hydrogen (secondary N) is 1. The predicted molar refractivity (Wildman–Crippen MR) is 125 cm³/mol. The number of benzene rings is 1. The van der Waals surface area contributed by atoms with Gasteiger partial charge in [0, 0.05) is 45.9 Å². The van der Waals surface area contributed by atoms with Crippen LogP contribution in [-0.4, -0.2) is 50.1 Å². The lowest BCUT2D eigenvalue weighted by molar-refractivity contribution is 0.0555. The van der Waals surface area contributed by atoms with Gasteiger partial charge in [-0.1, -0.05) is 6.07 Å². The molecule has 1 aromatic carbocycles. The zero-order chi connectivity index (χ0) is 22.8. The quantitative estimate of drug-likeness (QED) is 0.624. The van der Waals surface area contributed by atoms with Gasteiger partial charge in [0.25, 0.3) is 0 Å². The number of hydrogen-bond donors (Lipinski definition) is 2. The Morgan fingerprint density at radius 1 is 1.12 bits per heavy atom. The highest BCUT2D eigenvalue weighted by Crippen LogP contribution is 2.40. The first-order valence-electron chi connectivity index (χ1n) is 11.2. The molecule has 0 unspecified atom stereocenters. The van der Waals surface area contributed by atoms with Gasteiger partial charge in [0.1, 0.15) is 11.9 Å². The number of halogens is 1. The molecule has 2 aromatic heterocycles. The van der Waals surface area contributed by atoms with Crippen LogP contribution in [0.15, 0.2) is 30.3 Å². The van der Waals surface area contributed by atoms with Crippen molar-refractivity contribution in [2.75, 3.05) is 11.4 Å². The summed E-state index contributed by atoms with van der Waals surface area (Å²) in [5, 5.41) is 24.0. The smallest absolute Gasteiger partial charge is 0.154 e. The fraction of sp³-hybridized carbons (Fsp3) is 0.480. The molecule has 5 rings (SSSR count). The van der Waals surface area contributed by atoms with Crippen molar-refractivity contribution in [3.8, 4) is 17.0 Å². The molecule has 32 heavy (non-hydrogen) atoms. The number of nitrogens with zero attached hydrogens (tertiary/aromatic N) is 4. The van der Waals surface area contributed by atoms with E-state index in [0.29, 0.717) is 17.7 Å². The van der Waals surface area contributed by atoms with Gasteiger partial charge in [-0.3, -0.25) is 4.98 Å². The first-order chi connectivity index (χ1) is 15.0. The van der Waals surface area contributed by atoms with Gasteiger partial charge in [0.05, 0.1) is 17.3 Å². The van der Waals surface area contributed by atoms with E-state index in [1.165, 1.54) is 0 Å². The molecule has 2 aliphatic heterocycles. The fourth-order valence-corrected chi connectivity index (χ4v) is 5.49. The average molecular weight is 436 g/mol. The van der Waals surface area contributed by atoms with Gasteiger partial charge in [-0.15, -0.1) is 10.2 Å². The zero-order valence-electron chi connectivity index (χ0n) is 19.3. The van der Waals surface area contributed by atoms with Crippen molar-refractivity contribution in [2.45, 2.75) is 70.8 Å². The number of rotatable bonds is 2. The number of pyridine rings is 1. The second-order valence-electron chi connectivity index (χ2n) is 10.4. The molecule has 0 spiro atoms. The Bertz CT molecular complexity index is 1210. The number of phenolic OH excluding ortho intramolecular Hbond substituents is 1. The van der Waals surface area contributed by atoms with Crippen molar-refractivity contribution in [3.63, 3.8) is 0 Å². The second kappa shape index (κ2) is 7.10. The minimum atomic E-state index is -1.02.